The maximum absolute atomic E-state index is 12.2. The van der Waals surface area contributed by atoms with Crippen LogP contribution in [0.3, 0.4) is 0 Å². The first-order chi connectivity index (χ1) is 12.1. The molecule has 0 aliphatic heterocycles. The van der Waals surface area contributed by atoms with Crippen LogP contribution in [0.25, 0.3) is 0 Å². The lowest BCUT2D eigenvalue weighted by molar-refractivity contribution is -0.127. The van der Waals surface area contributed by atoms with E-state index in [9.17, 15) is 4.79 Å². The molecule has 2 rings (SSSR count). The lowest BCUT2D eigenvalue weighted by Gasteiger charge is -2.17. The van der Waals surface area contributed by atoms with Crippen LogP contribution in [-0.2, 0) is 17.6 Å². The van der Waals surface area contributed by atoms with Gasteiger partial charge in [0.25, 0.3) is 5.91 Å². The van der Waals surface area contributed by atoms with Gasteiger partial charge in [0.15, 0.2) is 6.10 Å². The fraction of sp³-hybridized carbons (Fsp3) is 0.381. The van der Waals surface area contributed by atoms with E-state index < -0.39 is 6.10 Å². The van der Waals surface area contributed by atoms with Crippen LogP contribution in [0.4, 0.5) is 0 Å². The average molecular weight is 341 g/mol. The van der Waals surface area contributed by atoms with Crippen molar-refractivity contribution < 1.29 is 14.3 Å². The van der Waals surface area contributed by atoms with Crippen molar-refractivity contribution >= 4 is 5.91 Å². The number of nitrogens with one attached hydrogen (secondary N) is 1. The molecule has 1 atom stereocenters. The van der Waals surface area contributed by atoms with E-state index in [4.69, 9.17) is 9.47 Å². The number of hydrogen-bond donors (Lipinski definition) is 1. The molecule has 4 nitrogen and oxygen atoms in total. The van der Waals surface area contributed by atoms with E-state index in [0.717, 1.165) is 29.9 Å². The Morgan fingerprint density at radius 1 is 1.04 bits per heavy atom. The third-order valence-corrected chi connectivity index (χ3v) is 4.03. The normalized spacial score (nSPS) is 11.6. The maximum Gasteiger partial charge on any atom is 0.260 e. The Kier molecular flexibility index (Phi) is 7.33. The molecule has 0 heterocycles. The predicted octanol–water partition coefficient (Wildman–Crippen LogP) is 3.77. The Morgan fingerprint density at radius 3 is 2.44 bits per heavy atom. The molecule has 25 heavy (non-hydrogen) atoms. The van der Waals surface area contributed by atoms with Gasteiger partial charge in [0.1, 0.15) is 18.1 Å². The summed E-state index contributed by atoms with van der Waals surface area (Å²) in [5, 5.41) is 2.84. The number of rotatable bonds is 9. The standard InChI is InChI=1S/C21H27NO3/c1-4-17-10-12-19(13-11-17)24-15-14-22-21(23)16(3)25-20-9-7-6-8-18(20)5-2/h6-13,16H,4-5,14-15H2,1-3H3,(H,22,23)/t16-/m0/s1. The summed E-state index contributed by atoms with van der Waals surface area (Å²) in [6.45, 7) is 6.81. The van der Waals surface area contributed by atoms with Gasteiger partial charge in [-0.15, -0.1) is 0 Å². The predicted molar refractivity (Wildman–Crippen MR) is 100 cm³/mol. The smallest absolute Gasteiger partial charge is 0.260 e. The minimum absolute atomic E-state index is 0.143. The molecule has 0 aromatic heterocycles. The summed E-state index contributed by atoms with van der Waals surface area (Å²) in [6.07, 6.45) is 1.33. The van der Waals surface area contributed by atoms with E-state index in [-0.39, 0.29) is 5.91 Å². The Hall–Kier alpha value is -2.49. The average Bonchev–Trinajstić information content (AvgIpc) is 2.65. The number of aryl methyl sites for hydroxylation is 2. The largest absolute Gasteiger partial charge is 0.492 e. The van der Waals surface area contributed by atoms with Crippen molar-refractivity contribution in [3.8, 4) is 11.5 Å². The lowest BCUT2D eigenvalue weighted by atomic mass is 10.1. The second-order valence-corrected chi connectivity index (χ2v) is 5.86. The zero-order valence-corrected chi connectivity index (χ0v) is 15.2. The first kappa shape index (κ1) is 18.8. The van der Waals surface area contributed by atoms with Crippen molar-refractivity contribution in [2.75, 3.05) is 13.2 Å². The highest BCUT2D eigenvalue weighted by Crippen LogP contribution is 2.19. The van der Waals surface area contributed by atoms with Crippen molar-refractivity contribution in [1.82, 2.24) is 5.32 Å². The van der Waals surface area contributed by atoms with Crippen LogP contribution >= 0.6 is 0 Å². The van der Waals surface area contributed by atoms with Gasteiger partial charge in [-0.1, -0.05) is 44.2 Å². The monoisotopic (exact) mass is 341 g/mol. The van der Waals surface area contributed by atoms with Crippen LogP contribution in [0.2, 0.25) is 0 Å². The summed E-state index contributed by atoms with van der Waals surface area (Å²) in [6, 6.07) is 15.8. The highest BCUT2D eigenvalue weighted by atomic mass is 16.5. The summed E-state index contributed by atoms with van der Waals surface area (Å²) >= 11 is 0. The van der Waals surface area contributed by atoms with Crippen molar-refractivity contribution in [2.45, 2.75) is 39.7 Å². The molecule has 0 unspecified atom stereocenters. The van der Waals surface area contributed by atoms with E-state index in [2.05, 4.69) is 31.3 Å². The third-order valence-electron chi connectivity index (χ3n) is 4.03. The molecule has 1 N–H and O–H groups in total. The van der Waals surface area contributed by atoms with Crippen molar-refractivity contribution in [1.29, 1.82) is 0 Å². The molecule has 0 saturated carbocycles. The van der Waals surface area contributed by atoms with Crippen molar-refractivity contribution in [3.05, 3.63) is 59.7 Å². The lowest BCUT2D eigenvalue weighted by Crippen LogP contribution is -2.38. The van der Waals surface area contributed by atoms with Crippen LogP contribution in [0.5, 0.6) is 11.5 Å². The molecule has 1 amide bonds. The number of carbonyl (C=O) groups is 1. The molecule has 2 aromatic rings. The number of carbonyl (C=O) groups excluding carboxylic acids is 1. The van der Waals surface area contributed by atoms with Crippen molar-refractivity contribution in [2.24, 2.45) is 0 Å². The van der Waals surface area contributed by atoms with Gasteiger partial charge in [-0.2, -0.15) is 0 Å². The number of amides is 1. The minimum Gasteiger partial charge on any atom is -0.492 e. The zero-order chi connectivity index (χ0) is 18.1. The Morgan fingerprint density at radius 2 is 1.76 bits per heavy atom. The minimum atomic E-state index is -0.545. The van der Waals surface area contributed by atoms with Crippen LogP contribution in [0.1, 0.15) is 31.9 Å². The molecule has 134 valence electrons. The summed E-state index contributed by atoms with van der Waals surface area (Å²) in [5.74, 6) is 1.43. The van der Waals surface area contributed by atoms with Gasteiger partial charge >= 0.3 is 0 Å². The van der Waals surface area contributed by atoms with Crippen LogP contribution in [0.15, 0.2) is 48.5 Å². The van der Waals surface area contributed by atoms with E-state index in [1.807, 2.05) is 36.4 Å². The van der Waals surface area contributed by atoms with Crippen LogP contribution in [0, 0.1) is 0 Å². The molecular formula is C21H27NO3. The molecule has 4 heteroatoms. The molecule has 0 bridgehead atoms. The van der Waals surface area contributed by atoms with Gasteiger partial charge in [-0.05, 0) is 49.1 Å². The van der Waals surface area contributed by atoms with Gasteiger partial charge in [-0.3, -0.25) is 4.79 Å². The summed E-state index contributed by atoms with van der Waals surface area (Å²) < 4.78 is 11.4. The summed E-state index contributed by atoms with van der Waals surface area (Å²) in [7, 11) is 0. The Labute approximate surface area is 150 Å². The molecule has 0 fully saturated rings. The third kappa shape index (κ3) is 5.82. The van der Waals surface area contributed by atoms with E-state index in [1.165, 1.54) is 5.56 Å². The SMILES string of the molecule is CCc1ccc(OCCNC(=O)[C@H](C)Oc2ccccc2CC)cc1. The molecular weight excluding hydrogens is 314 g/mol. The van der Waals surface area contributed by atoms with Gasteiger partial charge in [0, 0.05) is 0 Å². The van der Waals surface area contributed by atoms with Crippen LogP contribution < -0.4 is 14.8 Å². The van der Waals surface area contributed by atoms with Gasteiger partial charge in [0.05, 0.1) is 6.54 Å². The Balaban J connectivity index is 1.73. The number of benzene rings is 2. The summed E-state index contributed by atoms with van der Waals surface area (Å²) in [5.41, 5.74) is 2.37. The number of para-hydroxylation sites is 1. The number of hydrogen-bond acceptors (Lipinski definition) is 3. The topological polar surface area (TPSA) is 47.6 Å². The molecule has 0 spiro atoms. The Bertz CT molecular complexity index is 667. The van der Waals surface area contributed by atoms with E-state index >= 15 is 0 Å². The van der Waals surface area contributed by atoms with Gasteiger partial charge in [-0.25, -0.2) is 0 Å². The first-order valence-corrected chi connectivity index (χ1v) is 8.88. The molecule has 0 aliphatic carbocycles. The maximum atomic E-state index is 12.2. The fourth-order valence-corrected chi connectivity index (χ4v) is 2.46. The van der Waals surface area contributed by atoms with Crippen LogP contribution in [-0.4, -0.2) is 25.2 Å². The zero-order valence-electron chi connectivity index (χ0n) is 15.2. The second-order valence-electron chi connectivity index (χ2n) is 5.86. The summed E-state index contributed by atoms with van der Waals surface area (Å²) in [4.78, 5) is 12.2. The fourth-order valence-electron chi connectivity index (χ4n) is 2.46. The molecule has 0 aliphatic rings. The first-order valence-electron chi connectivity index (χ1n) is 8.88. The number of ether oxygens (including phenoxy) is 2. The van der Waals surface area contributed by atoms with Gasteiger partial charge in [0.2, 0.25) is 0 Å². The molecule has 2 aromatic carbocycles. The molecule has 0 saturated heterocycles. The van der Waals surface area contributed by atoms with E-state index in [0.29, 0.717) is 13.2 Å². The highest BCUT2D eigenvalue weighted by Gasteiger charge is 2.15. The van der Waals surface area contributed by atoms with Gasteiger partial charge < -0.3 is 14.8 Å². The van der Waals surface area contributed by atoms with Crippen molar-refractivity contribution in [3.63, 3.8) is 0 Å². The quantitative estimate of drug-likeness (QED) is 0.706. The second kappa shape index (κ2) is 9.72. The highest BCUT2D eigenvalue weighted by molar-refractivity contribution is 5.80. The molecule has 0 radical (unpaired) electrons. The van der Waals surface area contributed by atoms with E-state index in [1.54, 1.807) is 6.92 Å².